The van der Waals surface area contributed by atoms with Gasteiger partial charge in [-0.25, -0.2) is 18.2 Å². The summed E-state index contributed by atoms with van der Waals surface area (Å²) in [5.74, 6) is -5.65. The Hall–Kier alpha value is -3.10. The number of aromatic nitrogens is 3. The molecule has 1 N–H and O–H groups in total. The fourth-order valence-corrected chi connectivity index (χ4v) is 5.08. The normalized spacial score (nSPS) is 20.4. The molecule has 0 amide bonds. The number of pyridine rings is 1. The quantitative estimate of drug-likeness (QED) is 0.328. The zero-order valence-corrected chi connectivity index (χ0v) is 17.3. The molecule has 1 fully saturated rings. The van der Waals surface area contributed by atoms with Crippen molar-refractivity contribution >= 4 is 21.9 Å². The van der Waals surface area contributed by atoms with Crippen molar-refractivity contribution in [1.82, 2.24) is 15.0 Å². The highest BCUT2D eigenvalue weighted by atomic mass is 19.4. The van der Waals surface area contributed by atoms with Crippen molar-refractivity contribution in [3.63, 3.8) is 0 Å². The Kier molecular flexibility index (Phi) is 5.29. The summed E-state index contributed by atoms with van der Waals surface area (Å²) in [5.41, 5.74) is 1.51. The third-order valence-corrected chi connectivity index (χ3v) is 6.61. The van der Waals surface area contributed by atoms with Crippen LogP contribution in [-0.4, -0.2) is 21.1 Å². The van der Waals surface area contributed by atoms with Crippen LogP contribution in [0, 0.1) is 23.4 Å². The highest BCUT2D eigenvalue weighted by Crippen LogP contribution is 2.48. The summed E-state index contributed by atoms with van der Waals surface area (Å²) < 4.78 is 83.1. The first-order valence-corrected chi connectivity index (χ1v) is 10.7. The maximum atomic E-state index is 14.1. The standard InChI is InChI=1S/C24H19F6N3/c25-14-5-6-19-16(9-14)15(7-8-31-19)12-1-3-13(4-2-12)22(24(28,29)30)23-32-20-10-17(26)18(27)11-21(20)33-23/h5-13,22H,1-4H2,(H,32,33)/t12?,13?,22-/m1/s1. The van der Waals surface area contributed by atoms with Gasteiger partial charge in [-0.2, -0.15) is 13.2 Å². The van der Waals surface area contributed by atoms with Crippen LogP contribution in [0.4, 0.5) is 26.3 Å². The van der Waals surface area contributed by atoms with Crippen LogP contribution < -0.4 is 0 Å². The molecule has 3 nitrogen and oxygen atoms in total. The summed E-state index contributed by atoms with van der Waals surface area (Å²) in [4.78, 5) is 10.8. The summed E-state index contributed by atoms with van der Waals surface area (Å²) in [7, 11) is 0. The minimum atomic E-state index is -4.57. The topological polar surface area (TPSA) is 41.6 Å². The summed E-state index contributed by atoms with van der Waals surface area (Å²) in [6.45, 7) is 0. The minimum Gasteiger partial charge on any atom is -0.341 e. The second-order valence-corrected chi connectivity index (χ2v) is 8.60. The number of nitrogens with zero attached hydrogens (tertiary/aromatic N) is 2. The Bertz CT molecular complexity index is 1280. The van der Waals surface area contributed by atoms with Crippen LogP contribution in [-0.2, 0) is 0 Å². The van der Waals surface area contributed by atoms with Crippen molar-refractivity contribution < 1.29 is 26.3 Å². The number of nitrogens with one attached hydrogen (secondary N) is 1. The number of fused-ring (bicyclic) bond motifs is 2. The van der Waals surface area contributed by atoms with Gasteiger partial charge in [0, 0.05) is 23.7 Å². The van der Waals surface area contributed by atoms with E-state index in [-0.39, 0.29) is 41.4 Å². The average Bonchev–Trinajstić information content (AvgIpc) is 3.15. The van der Waals surface area contributed by atoms with Gasteiger partial charge in [-0.15, -0.1) is 0 Å². The van der Waals surface area contributed by atoms with Crippen molar-refractivity contribution in [2.45, 2.75) is 43.7 Å². The average molecular weight is 463 g/mol. The molecule has 1 aliphatic rings. The number of aromatic amines is 1. The molecule has 0 bridgehead atoms. The molecule has 1 aliphatic carbocycles. The maximum Gasteiger partial charge on any atom is 0.399 e. The molecule has 2 aromatic carbocycles. The molecule has 0 saturated heterocycles. The molecule has 0 radical (unpaired) electrons. The lowest BCUT2D eigenvalue weighted by molar-refractivity contribution is -0.166. The largest absolute Gasteiger partial charge is 0.399 e. The van der Waals surface area contributed by atoms with E-state index < -0.39 is 29.6 Å². The number of H-pyrrole nitrogens is 1. The third kappa shape index (κ3) is 4.05. The Morgan fingerprint density at radius 2 is 1.61 bits per heavy atom. The second kappa shape index (κ2) is 8.04. The van der Waals surface area contributed by atoms with E-state index in [4.69, 9.17) is 0 Å². The Labute approximate surface area is 184 Å². The summed E-state index contributed by atoms with van der Waals surface area (Å²) in [5, 5.41) is 0.676. The van der Waals surface area contributed by atoms with E-state index in [0.717, 1.165) is 17.7 Å². The van der Waals surface area contributed by atoms with Crippen LogP contribution in [0.5, 0.6) is 0 Å². The van der Waals surface area contributed by atoms with Crippen molar-refractivity contribution in [2.24, 2.45) is 5.92 Å². The summed E-state index contributed by atoms with van der Waals surface area (Å²) in [6, 6.07) is 7.74. The van der Waals surface area contributed by atoms with Gasteiger partial charge in [-0.05, 0) is 67.3 Å². The van der Waals surface area contributed by atoms with E-state index in [9.17, 15) is 26.3 Å². The Balaban J connectivity index is 1.42. The third-order valence-electron chi connectivity index (χ3n) is 6.61. The highest BCUT2D eigenvalue weighted by molar-refractivity contribution is 5.82. The van der Waals surface area contributed by atoms with Crippen LogP contribution in [0.2, 0.25) is 0 Å². The minimum absolute atomic E-state index is 0.0127. The zero-order valence-electron chi connectivity index (χ0n) is 17.3. The molecule has 1 atom stereocenters. The van der Waals surface area contributed by atoms with Gasteiger partial charge in [0.2, 0.25) is 0 Å². The van der Waals surface area contributed by atoms with E-state index in [1.165, 1.54) is 12.1 Å². The first kappa shape index (κ1) is 21.7. The molecule has 33 heavy (non-hydrogen) atoms. The highest BCUT2D eigenvalue weighted by Gasteiger charge is 2.48. The van der Waals surface area contributed by atoms with E-state index in [1.54, 1.807) is 18.3 Å². The van der Waals surface area contributed by atoms with Crippen LogP contribution in [0.3, 0.4) is 0 Å². The first-order valence-electron chi connectivity index (χ1n) is 10.7. The van der Waals surface area contributed by atoms with Crippen molar-refractivity contribution in [2.75, 3.05) is 0 Å². The van der Waals surface area contributed by atoms with Gasteiger partial charge >= 0.3 is 6.18 Å². The molecule has 0 spiro atoms. The molecular formula is C24H19F6N3. The number of rotatable bonds is 3. The van der Waals surface area contributed by atoms with E-state index >= 15 is 0 Å². The second-order valence-electron chi connectivity index (χ2n) is 8.60. The fraction of sp³-hybridized carbons (Fsp3) is 0.333. The predicted octanol–water partition coefficient (Wildman–Crippen LogP) is 7.15. The number of benzene rings is 2. The molecule has 0 aliphatic heterocycles. The first-order chi connectivity index (χ1) is 15.7. The molecule has 4 aromatic rings. The fourth-order valence-electron chi connectivity index (χ4n) is 5.08. The number of halogens is 6. The number of alkyl halides is 3. The van der Waals surface area contributed by atoms with Crippen LogP contribution >= 0.6 is 0 Å². The lowest BCUT2D eigenvalue weighted by Gasteiger charge is -2.34. The van der Waals surface area contributed by atoms with Gasteiger partial charge in [-0.3, -0.25) is 4.98 Å². The Morgan fingerprint density at radius 1 is 0.879 bits per heavy atom. The van der Waals surface area contributed by atoms with Crippen LogP contribution in [0.25, 0.3) is 21.9 Å². The van der Waals surface area contributed by atoms with E-state index in [2.05, 4.69) is 15.0 Å². The Morgan fingerprint density at radius 3 is 2.33 bits per heavy atom. The molecular weight excluding hydrogens is 444 g/mol. The monoisotopic (exact) mass is 463 g/mol. The van der Waals surface area contributed by atoms with Gasteiger partial charge in [0.1, 0.15) is 17.6 Å². The van der Waals surface area contributed by atoms with Crippen LogP contribution in [0.15, 0.2) is 42.6 Å². The van der Waals surface area contributed by atoms with Gasteiger partial charge < -0.3 is 4.98 Å². The smallest absolute Gasteiger partial charge is 0.341 e. The molecule has 2 heterocycles. The summed E-state index contributed by atoms with van der Waals surface area (Å²) in [6.07, 6.45) is -1.38. The van der Waals surface area contributed by atoms with Gasteiger partial charge in [0.15, 0.2) is 11.6 Å². The molecule has 5 rings (SSSR count). The van der Waals surface area contributed by atoms with Crippen LogP contribution in [0.1, 0.15) is 48.9 Å². The van der Waals surface area contributed by atoms with Crippen molar-refractivity contribution in [3.05, 3.63) is 71.4 Å². The number of imidazole rings is 1. The molecule has 0 unspecified atom stereocenters. The number of hydrogen-bond acceptors (Lipinski definition) is 2. The van der Waals surface area contributed by atoms with Crippen molar-refractivity contribution in [1.29, 1.82) is 0 Å². The van der Waals surface area contributed by atoms with E-state index in [0.29, 0.717) is 23.7 Å². The zero-order chi connectivity index (χ0) is 23.3. The van der Waals surface area contributed by atoms with Gasteiger partial charge in [0.05, 0.1) is 16.6 Å². The lowest BCUT2D eigenvalue weighted by Crippen LogP contribution is -2.31. The summed E-state index contributed by atoms with van der Waals surface area (Å²) >= 11 is 0. The predicted molar refractivity (Wildman–Crippen MR) is 111 cm³/mol. The molecule has 2 aromatic heterocycles. The maximum absolute atomic E-state index is 14.1. The molecule has 1 saturated carbocycles. The SMILES string of the molecule is Fc1ccc2nccc(C3CCC([C@H](c4nc5cc(F)c(F)cc5[nH]4)C(F)(F)F)CC3)c2c1. The van der Waals surface area contributed by atoms with E-state index in [1.807, 2.05) is 0 Å². The van der Waals surface area contributed by atoms with Gasteiger partial charge in [0.25, 0.3) is 0 Å². The number of hydrogen-bond donors (Lipinski definition) is 1. The lowest BCUT2D eigenvalue weighted by atomic mass is 9.73. The van der Waals surface area contributed by atoms with Gasteiger partial charge in [-0.1, -0.05) is 0 Å². The molecule has 9 heteroatoms. The van der Waals surface area contributed by atoms with Crippen molar-refractivity contribution in [3.8, 4) is 0 Å². The molecule has 172 valence electrons.